The maximum atomic E-state index is 12.7. The molecule has 5 nitrogen and oxygen atoms in total. The Balaban J connectivity index is 1.69. The average Bonchev–Trinajstić information content (AvgIpc) is 2.69. The summed E-state index contributed by atoms with van der Waals surface area (Å²) in [5.74, 6) is -0.00449. The Hall–Kier alpha value is -1.82. The van der Waals surface area contributed by atoms with Gasteiger partial charge in [-0.25, -0.2) is 0 Å². The fraction of sp³-hybridized carbons (Fsp3) is 0.609. The standard InChI is InChI=1S/C23H32N2O3S/c1-3-25(18-14-11-17(12-15-18)13-16-21(26)28-4-2)23-24-22(27)19-9-7-5-6-8-10-20(19)29-23/h11-12,14-15,19-20H,3-10,13,16H2,1-2H3. The molecule has 1 saturated carbocycles. The third-order valence-corrected chi connectivity index (χ3v) is 7.09. The van der Waals surface area contributed by atoms with Gasteiger partial charge in [0.05, 0.1) is 12.5 Å². The molecule has 1 aromatic rings. The molecule has 2 unspecified atom stereocenters. The van der Waals surface area contributed by atoms with Crippen LogP contribution in [-0.4, -0.2) is 35.4 Å². The zero-order valence-corrected chi connectivity index (χ0v) is 18.4. The van der Waals surface area contributed by atoms with E-state index in [1.165, 1.54) is 19.3 Å². The first kappa shape index (κ1) is 21.9. The van der Waals surface area contributed by atoms with Gasteiger partial charge in [-0.05, 0) is 50.8 Å². The van der Waals surface area contributed by atoms with Crippen molar-refractivity contribution in [1.82, 2.24) is 0 Å². The molecule has 6 heteroatoms. The number of thioether (sulfide) groups is 1. The Morgan fingerprint density at radius 1 is 1.14 bits per heavy atom. The van der Waals surface area contributed by atoms with E-state index in [0.717, 1.165) is 42.2 Å². The van der Waals surface area contributed by atoms with Crippen molar-refractivity contribution < 1.29 is 14.3 Å². The molecule has 1 aliphatic heterocycles. The normalized spacial score (nSPS) is 22.1. The molecule has 0 N–H and O–H groups in total. The van der Waals surface area contributed by atoms with Crippen molar-refractivity contribution in [1.29, 1.82) is 0 Å². The largest absolute Gasteiger partial charge is 0.466 e. The number of carbonyl (C=O) groups excluding carboxylic acids is 2. The third kappa shape index (κ3) is 5.84. The SMILES string of the molecule is CCOC(=O)CCc1ccc(N(CC)C2=NC(=O)C3CCCCCCC3S2)cc1. The van der Waals surface area contributed by atoms with Crippen molar-refractivity contribution in [3.63, 3.8) is 0 Å². The molecule has 1 aromatic carbocycles. The number of nitrogens with zero attached hydrogens (tertiary/aromatic N) is 2. The Morgan fingerprint density at radius 2 is 1.86 bits per heavy atom. The summed E-state index contributed by atoms with van der Waals surface area (Å²) < 4.78 is 4.99. The average molecular weight is 417 g/mol. The number of aliphatic imine (C=N–C) groups is 1. The van der Waals surface area contributed by atoms with Crippen molar-refractivity contribution in [2.75, 3.05) is 18.1 Å². The van der Waals surface area contributed by atoms with Crippen molar-refractivity contribution in [3.05, 3.63) is 29.8 Å². The van der Waals surface area contributed by atoms with Gasteiger partial charge in [-0.1, -0.05) is 49.6 Å². The van der Waals surface area contributed by atoms with Crippen LogP contribution >= 0.6 is 11.8 Å². The van der Waals surface area contributed by atoms with E-state index in [1.807, 2.05) is 19.1 Å². The molecule has 1 aliphatic carbocycles. The molecule has 0 aromatic heterocycles. The summed E-state index contributed by atoms with van der Waals surface area (Å²) in [6.07, 6.45) is 8.00. The topological polar surface area (TPSA) is 59.0 Å². The monoisotopic (exact) mass is 416 g/mol. The lowest BCUT2D eigenvalue weighted by molar-refractivity contribution is -0.143. The zero-order chi connectivity index (χ0) is 20.6. The number of anilines is 1. The third-order valence-electron chi connectivity index (χ3n) is 5.70. The van der Waals surface area contributed by atoms with Crippen molar-refractivity contribution in [3.8, 4) is 0 Å². The molecular formula is C23H32N2O3S. The molecule has 1 amide bonds. The van der Waals surface area contributed by atoms with Crippen molar-refractivity contribution >= 4 is 34.5 Å². The molecule has 2 atom stereocenters. The molecule has 0 saturated heterocycles. The van der Waals surface area contributed by atoms with E-state index in [0.29, 0.717) is 24.7 Å². The number of rotatable bonds is 6. The van der Waals surface area contributed by atoms with Crippen LogP contribution in [-0.2, 0) is 20.7 Å². The van der Waals surface area contributed by atoms with Crippen LogP contribution in [0.4, 0.5) is 5.69 Å². The number of hydrogen-bond acceptors (Lipinski definition) is 5. The first-order valence-corrected chi connectivity index (χ1v) is 11.8. The molecule has 2 aliphatic rings. The van der Waals surface area contributed by atoms with Crippen LogP contribution in [0, 0.1) is 5.92 Å². The van der Waals surface area contributed by atoms with E-state index in [1.54, 1.807) is 11.8 Å². The van der Waals surface area contributed by atoms with Gasteiger partial charge in [0.1, 0.15) is 0 Å². The Morgan fingerprint density at radius 3 is 2.55 bits per heavy atom. The van der Waals surface area contributed by atoms with E-state index in [-0.39, 0.29) is 17.8 Å². The fourth-order valence-corrected chi connectivity index (χ4v) is 5.56. The second-order valence-electron chi connectivity index (χ2n) is 7.70. The number of aryl methyl sites for hydroxylation is 1. The smallest absolute Gasteiger partial charge is 0.306 e. The molecule has 158 valence electrons. The van der Waals surface area contributed by atoms with E-state index >= 15 is 0 Å². The summed E-state index contributed by atoms with van der Waals surface area (Å²) in [5, 5.41) is 1.19. The van der Waals surface area contributed by atoms with Crippen LogP contribution in [0.15, 0.2) is 29.3 Å². The van der Waals surface area contributed by atoms with Crippen LogP contribution in [0.5, 0.6) is 0 Å². The zero-order valence-electron chi connectivity index (χ0n) is 17.6. The van der Waals surface area contributed by atoms with Gasteiger partial charge in [0.25, 0.3) is 5.91 Å². The first-order chi connectivity index (χ1) is 14.1. The van der Waals surface area contributed by atoms with Gasteiger partial charge >= 0.3 is 5.97 Å². The quantitative estimate of drug-likeness (QED) is 0.612. The fourth-order valence-electron chi connectivity index (χ4n) is 4.09. The summed E-state index contributed by atoms with van der Waals surface area (Å²) in [7, 11) is 0. The number of benzene rings is 1. The van der Waals surface area contributed by atoms with E-state index < -0.39 is 0 Å². The second kappa shape index (κ2) is 10.8. The van der Waals surface area contributed by atoms with Gasteiger partial charge in [-0.15, -0.1) is 0 Å². The molecule has 29 heavy (non-hydrogen) atoms. The molecule has 0 bridgehead atoms. The van der Waals surface area contributed by atoms with E-state index in [2.05, 4.69) is 28.9 Å². The van der Waals surface area contributed by atoms with Gasteiger partial charge in [-0.3, -0.25) is 9.59 Å². The van der Waals surface area contributed by atoms with Gasteiger partial charge in [-0.2, -0.15) is 4.99 Å². The first-order valence-electron chi connectivity index (χ1n) is 10.9. The Bertz CT molecular complexity index is 732. The van der Waals surface area contributed by atoms with Crippen LogP contribution in [0.1, 0.15) is 64.4 Å². The lowest BCUT2D eigenvalue weighted by Crippen LogP contribution is -2.39. The number of carbonyl (C=O) groups is 2. The van der Waals surface area contributed by atoms with E-state index in [9.17, 15) is 9.59 Å². The summed E-state index contributed by atoms with van der Waals surface area (Å²) in [6.45, 7) is 5.09. The summed E-state index contributed by atoms with van der Waals surface area (Å²) in [6, 6.07) is 8.21. The molecule has 0 radical (unpaired) electrons. The van der Waals surface area contributed by atoms with E-state index in [4.69, 9.17) is 4.74 Å². The predicted octanol–water partition coefficient (Wildman–Crippen LogP) is 4.98. The maximum Gasteiger partial charge on any atom is 0.306 e. The lowest BCUT2D eigenvalue weighted by Gasteiger charge is -2.34. The van der Waals surface area contributed by atoms with Gasteiger partial charge in [0, 0.05) is 23.9 Å². The van der Waals surface area contributed by atoms with Crippen molar-refractivity contribution in [2.24, 2.45) is 10.9 Å². The van der Waals surface area contributed by atoms with Gasteiger partial charge in [0.2, 0.25) is 0 Å². The highest BCUT2D eigenvalue weighted by molar-refractivity contribution is 8.14. The summed E-state index contributed by atoms with van der Waals surface area (Å²) >= 11 is 1.79. The molecule has 0 spiro atoms. The molecular weight excluding hydrogens is 384 g/mol. The number of fused-ring (bicyclic) bond motifs is 1. The maximum absolute atomic E-state index is 12.7. The van der Waals surface area contributed by atoms with Crippen LogP contribution < -0.4 is 4.90 Å². The van der Waals surface area contributed by atoms with Gasteiger partial charge in [0.15, 0.2) is 5.17 Å². The number of amidine groups is 1. The number of amides is 1. The lowest BCUT2D eigenvalue weighted by atomic mass is 9.90. The molecule has 1 fully saturated rings. The minimum Gasteiger partial charge on any atom is -0.466 e. The number of hydrogen-bond donors (Lipinski definition) is 0. The van der Waals surface area contributed by atoms with Crippen molar-refractivity contribution in [2.45, 2.75) is 70.5 Å². The minimum absolute atomic E-state index is 0.0650. The highest BCUT2D eigenvalue weighted by Crippen LogP contribution is 2.38. The second-order valence-corrected chi connectivity index (χ2v) is 8.91. The summed E-state index contributed by atoms with van der Waals surface area (Å²) in [5.41, 5.74) is 2.14. The van der Waals surface area contributed by atoms with Crippen LogP contribution in [0.25, 0.3) is 0 Å². The minimum atomic E-state index is -0.160. The van der Waals surface area contributed by atoms with Gasteiger partial charge < -0.3 is 9.64 Å². The highest BCUT2D eigenvalue weighted by Gasteiger charge is 2.36. The Labute approximate surface area is 178 Å². The van der Waals surface area contributed by atoms with Crippen LogP contribution in [0.3, 0.4) is 0 Å². The number of ether oxygens (including phenoxy) is 1. The predicted molar refractivity (Wildman–Crippen MR) is 119 cm³/mol. The van der Waals surface area contributed by atoms with Crippen LogP contribution in [0.2, 0.25) is 0 Å². The highest BCUT2D eigenvalue weighted by atomic mass is 32.2. The molecule has 3 rings (SSSR count). The molecule has 1 heterocycles. The summed E-state index contributed by atoms with van der Waals surface area (Å²) in [4.78, 5) is 30.9. The number of esters is 1. The Kier molecular flexibility index (Phi) is 8.16.